The number of hydrogen-bond acceptors (Lipinski definition) is 4. The molecule has 21 heavy (non-hydrogen) atoms. The van der Waals surface area contributed by atoms with Crippen LogP contribution in [0.3, 0.4) is 0 Å². The van der Waals surface area contributed by atoms with E-state index in [4.69, 9.17) is 5.11 Å². The summed E-state index contributed by atoms with van der Waals surface area (Å²) < 4.78 is 0. The molecule has 0 aliphatic carbocycles. The van der Waals surface area contributed by atoms with Crippen LogP contribution in [0.4, 0.5) is 5.69 Å². The molecule has 1 aromatic carbocycles. The van der Waals surface area contributed by atoms with E-state index >= 15 is 0 Å². The maximum absolute atomic E-state index is 11.9. The highest BCUT2D eigenvalue weighted by atomic mass is 16.4. The van der Waals surface area contributed by atoms with Crippen molar-refractivity contribution in [2.75, 3.05) is 18.5 Å². The first kappa shape index (κ1) is 13.3. The summed E-state index contributed by atoms with van der Waals surface area (Å²) in [6.07, 6.45) is -0.0564. The predicted octanol–water partition coefficient (Wildman–Crippen LogP) is 0.350. The quantitative estimate of drug-likeness (QED) is 0.792. The Morgan fingerprint density at radius 2 is 1.86 bits per heavy atom. The van der Waals surface area contributed by atoms with E-state index < -0.39 is 17.8 Å². The number of amides is 3. The topological polar surface area (TPSA) is 95.0 Å². The minimum atomic E-state index is -1.02. The van der Waals surface area contributed by atoms with E-state index in [1.54, 1.807) is 6.07 Å². The Hall–Kier alpha value is -2.70. The summed E-state index contributed by atoms with van der Waals surface area (Å²) in [7, 11) is 1.39. The third-order valence-corrected chi connectivity index (χ3v) is 3.86. The number of benzene rings is 1. The van der Waals surface area contributed by atoms with Crippen molar-refractivity contribution < 1.29 is 24.3 Å². The fourth-order valence-electron chi connectivity index (χ4n) is 2.64. The first-order valence-electron chi connectivity index (χ1n) is 6.39. The maximum atomic E-state index is 11.9. The number of fused-ring (bicyclic) bond motifs is 1. The van der Waals surface area contributed by atoms with Gasteiger partial charge in [0.2, 0.25) is 5.91 Å². The molecule has 7 heteroatoms. The van der Waals surface area contributed by atoms with Crippen molar-refractivity contribution in [2.24, 2.45) is 5.92 Å². The summed E-state index contributed by atoms with van der Waals surface area (Å²) in [5.41, 5.74) is 0.984. The molecule has 1 fully saturated rings. The van der Waals surface area contributed by atoms with Gasteiger partial charge in [-0.15, -0.1) is 0 Å². The molecule has 1 atom stereocenters. The van der Waals surface area contributed by atoms with Crippen molar-refractivity contribution in [1.29, 1.82) is 0 Å². The molecule has 2 heterocycles. The van der Waals surface area contributed by atoms with E-state index in [0.29, 0.717) is 11.3 Å². The van der Waals surface area contributed by atoms with Gasteiger partial charge in [-0.25, -0.2) is 0 Å². The summed E-state index contributed by atoms with van der Waals surface area (Å²) in [4.78, 5) is 48.9. The third kappa shape index (κ3) is 1.89. The van der Waals surface area contributed by atoms with Crippen LogP contribution in [0.2, 0.25) is 0 Å². The van der Waals surface area contributed by atoms with Crippen molar-refractivity contribution in [1.82, 2.24) is 4.90 Å². The van der Waals surface area contributed by atoms with Crippen LogP contribution < -0.4 is 4.90 Å². The second-order valence-corrected chi connectivity index (χ2v) is 5.14. The molecule has 7 nitrogen and oxygen atoms in total. The fraction of sp³-hybridized carbons (Fsp3) is 0.286. The summed E-state index contributed by atoms with van der Waals surface area (Å²) in [5.74, 6) is -2.85. The molecule has 0 unspecified atom stereocenters. The smallest absolute Gasteiger partial charge is 0.308 e. The van der Waals surface area contributed by atoms with Crippen LogP contribution in [0.5, 0.6) is 0 Å². The number of imide groups is 1. The first-order valence-corrected chi connectivity index (χ1v) is 6.39. The number of carboxylic acids is 1. The lowest BCUT2D eigenvalue weighted by atomic mass is 10.1. The first-order chi connectivity index (χ1) is 9.90. The number of anilines is 1. The highest BCUT2D eigenvalue weighted by Gasteiger charge is 2.37. The molecule has 2 aliphatic rings. The van der Waals surface area contributed by atoms with Gasteiger partial charge in [0.05, 0.1) is 17.0 Å². The molecular formula is C14H12N2O5. The van der Waals surface area contributed by atoms with E-state index in [9.17, 15) is 19.2 Å². The average Bonchev–Trinajstić information content (AvgIpc) is 2.94. The summed E-state index contributed by atoms with van der Waals surface area (Å²) in [6.45, 7) is 0.0743. The number of nitrogens with zero attached hydrogens (tertiary/aromatic N) is 2. The van der Waals surface area contributed by atoms with Gasteiger partial charge in [-0.2, -0.15) is 0 Å². The van der Waals surface area contributed by atoms with Crippen LogP contribution in [0.1, 0.15) is 27.1 Å². The Morgan fingerprint density at radius 1 is 1.19 bits per heavy atom. The van der Waals surface area contributed by atoms with Crippen LogP contribution in [0.15, 0.2) is 18.2 Å². The lowest BCUT2D eigenvalue weighted by Gasteiger charge is -2.16. The largest absolute Gasteiger partial charge is 0.481 e. The number of carbonyl (C=O) groups is 4. The van der Waals surface area contributed by atoms with Gasteiger partial charge in [0.25, 0.3) is 11.8 Å². The van der Waals surface area contributed by atoms with Gasteiger partial charge in [0.1, 0.15) is 0 Å². The Kier molecular flexibility index (Phi) is 2.79. The van der Waals surface area contributed by atoms with Gasteiger partial charge in [0.15, 0.2) is 0 Å². The Balaban J connectivity index is 1.96. The second-order valence-electron chi connectivity index (χ2n) is 5.14. The molecule has 1 N–H and O–H groups in total. The summed E-state index contributed by atoms with van der Waals surface area (Å²) >= 11 is 0. The zero-order valence-corrected chi connectivity index (χ0v) is 11.2. The van der Waals surface area contributed by atoms with Gasteiger partial charge >= 0.3 is 5.97 Å². The Bertz CT molecular complexity index is 697. The van der Waals surface area contributed by atoms with Crippen LogP contribution in [-0.4, -0.2) is 47.3 Å². The minimum Gasteiger partial charge on any atom is -0.481 e. The normalized spacial score (nSPS) is 21.2. The Morgan fingerprint density at radius 3 is 2.48 bits per heavy atom. The van der Waals surface area contributed by atoms with Crippen LogP contribution >= 0.6 is 0 Å². The van der Waals surface area contributed by atoms with Crippen LogP contribution in [-0.2, 0) is 9.59 Å². The number of rotatable bonds is 2. The summed E-state index contributed by atoms with van der Waals surface area (Å²) in [5, 5.41) is 8.98. The van der Waals surface area contributed by atoms with Gasteiger partial charge in [-0.05, 0) is 18.2 Å². The monoisotopic (exact) mass is 288 g/mol. The maximum Gasteiger partial charge on any atom is 0.308 e. The molecule has 0 spiro atoms. The average molecular weight is 288 g/mol. The molecule has 0 aromatic heterocycles. The highest BCUT2D eigenvalue weighted by Crippen LogP contribution is 2.30. The summed E-state index contributed by atoms with van der Waals surface area (Å²) in [6, 6.07) is 4.53. The lowest BCUT2D eigenvalue weighted by molar-refractivity contribution is -0.141. The Labute approximate surface area is 119 Å². The molecule has 0 saturated carbocycles. The van der Waals surface area contributed by atoms with E-state index in [0.717, 1.165) is 4.90 Å². The SMILES string of the molecule is CN1C(=O)c2ccc(N3C[C@H](C(=O)O)CC3=O)cc2C1=O. The number of hydrogen-bond donors (Lipinski definition) is 1. The zero-order chi connectivity index (χ0) is 15.3. The number of carbonyl (C=O) groups excluding carboxylic acids is 3. The zero-order valence-electron chi connectivity index (χ0n) is 11.2. The van der Waals surface area contributed by atoms with E-state index in [1.165, 1.54) is 24.1 Å². The van der Waals surface area contributed by atoms with Gasteiger partial charge in [0, 0.05) is 25.7 Å². The van der Waals surface area contributed by atoms with Crippen molar-refractivity contribution in [2.45, 2.75) is 6.42 Å². The fourth-order valence-corrected chi connectivity index (χ4v) is 2.64. The molecule has 108 valence electrons. The molecule has 2 aliphatic heterocycles. The molecule has 3 rings (SSSR count). The van der Waals surface area contributed by atoms with Crippen LogP contribution in [0.25, 0.3) is 0 Å². The van der Waals surface area contributed by atoms with Crippen molar-refractivity contribution in [3.8, 4) is 0 Å². The van der Waals surface area contributed by atoms with Gasteiger partial charge < -0.3 is 10.0 Å². The highest BCUT2D eigenvalue weighted by molar-refractivity contribution is 6.21. The molecule has 0 bridgehead atoms. The van der Waals surface area contributed by atoms with E-state index in [-0.39, 0.29) is 30.3 Å². The standard InChI is InChI=1S/C14H12N2O5/c1-15-12(18)9-3-2-8(5-10(9)13(15)19)16-6-7(14(20)21)4-11(16)17/h2-3,5,7H,4,6H2,1H3,(H,20,21)/t7-/m1/s1. The molecule has 3 amide bonds. The predicted molar refractivity (Wildman–Crippen MR) is 71.0 cm³/mol. The lowest BCUT2D eigenvalue weighted by Crippen LogP contribution is -2.26. The number of aliphatic carboxylic acids is 1. The molecule has 1 saturated heterocycles. The molecular weight excluding hydrogens is 276 g/mol. The van der Waals surface area contributed by atoms with Crippen molar-refractivity contribution in [3.63, 3.8) is 0 Å². The van der Waals surface area contributed by atoms with Gasteiger partial charge in [-0.3, -0.25) is 24.1 Å². The van der Waals surface area contributed by atoms with E-state index in [2.05, 4.69) is 0 Å². The molecule has 0 radical (unpaired) electrons. The molecule has 1 aromatic rings. The van der Waals surface area contributed by atoms with Crippen molar-refractivity contribution >= 4 is 29.4 Å². The number of carboxylic acid groups (broad SMARTS) is 1. The second kappa shape index (κ2) is 4.41. The third-order valence-electron chi connectivity index (χ3n) is 3.86. The minimum absolute atomic E-state index is 0.0564. The van der Waals surface area contributed by atoms with E-state index in [1.807, 2.05) is 0 Å². The van der Waals surface area contributed by atoms with Gasteiger partial charge in [-0.1, -0.05) is 0 Å². The van der Waals surface area contributed by atoms with Crippen LogP contribution in [0, 0.1) is 5.92 Å². The van der Waals surface area contributed by atoms with Crippen molar-refractivity contribution in [3.05, 3.63) is 29.3 Å².